The van der Waals surface area contributed by atoms with Gasteiger partial charge in [-0.1, -0.05) is 0 Å². The van der Waals surface area contributed by atoms with Crippen molar-refractivity contribution in [2.24, 2.45) is 0 Å². The second kappa shape index (κ2) is 8.15. The zero-order chi connectivity index (χ0) is 12.8. The zero-order valence-corrected chi connectivity index (χ0v) is 13.7. The normalized spacial score (nSPS) is 31.7. The van der Waals surface area contributed by atoms with Crippen LogP contribution in [0.1, 0.15) is 25.7 Å². The summed E-state index contributed by atoms with van der Waals surface area (Å²) in [6.07, 6.45) is 12.0. The van der Waals surface area contributed by atoms with Crippen LogP contribution in [-0.2, 0) is 9.47 Å². The SMILES string of the molecule is CP(CCP(C)CC1CCCO1)CC1CCCO1. The van der Waals surface area contributed by atoms with Crippen LogP contribution in [0.15, 0.2) is 0 Å². The molecule has 0 aromatic carbocycles. The third-order valence-corrected chi connectivity index (χ3v) is 8.33. The van der Waals surface area contributed by atoms with Crippen molar-refractivity contribution in [3.05, 3.63) is 0 Å². The van der Waals surface area contributed by atoms with Crippen molar-refractivity contribution in [1.29, 1.82) is 0 Å². The van der Waals surface area contributed by atoms with E-state index in [2.05, 4.69) is 13.3 Å². The lowest BCUT2D eigenvalue weighted by molar-refractivity contribution is 0.128. The molecule has 0 amide bonds. The van der Waals surface area contributed by atoms with Gasteiger partial charge in [-0.3, -0.25) is 0 Å². The molecule has 2 nitrogen and oxygen atoms in total. The number of ether oxygens (including phenoxy) is 2. The summed E-state index contributed by atoms with van der Waals surface area (Å²) in [4.78, 5) is 0. The molecule has 106 valence electrons. The van der Waals surface area contributed by atoms with E-state index in [-0.39, 0.29) is 15.8 Å². The Labute approximate surface area is 115 Å². The Morgan fingerprint density at radius 1 is 0.833 bits per heavy atom. The molecule has 18 heavy (non-hydrogen) atoms. The minimum Gasteiger partial charge on any atom is -0.378 e. The molecule has 0 radical (unpaired) electrons. The molecule has 2 aliphatic heterocycles. The third kappa shape index (κ3) is 5.41. The van der Waals surface area contributed by atoms with Gasteiger partial charge in [0.1, 0.15) is 0 Å². The first kappa shape index (κ1) is 15.2. The summed E-state index contributed by atoms with van der Waals surface area (Å²) >= 11 is 0. The van der Waals surface area contributed by atoms with Crippen LogP contribution in [0.5, 0.6) is 0 Å². The molecule has 2 fully saturated rings. The first-order valence-electron chi connectivity index (χ1n) is 7.34. The van der Waals surface area contributed by atoms with Crippen molar-refractivity contribution in [3.8, 4) is 0 Å². The average molecular weight is 290 g/mol. The van der Waals surface area contributed by atoms with Crippen molar-refractivity contribution in [2.75, 3.05) is 51.2 Å². The lowest BCUT2D eigenvalue weighted by Gasteiger charge is -2.21. The molecule has 4 heteroatoms. The van der Waals surface area contributed by atoms with E-state index in [1.165, 1.54) is 50.3 Å². The minimum atomic E-state index is 0.208. The standard InChI is InChI=1S/C14H28O2P2/c1-17(11-13-5-3-7-15-13)9-10-18(2)12-14-6-4-8-16-14/h13-14H,3-12H2,1-2H3. The second-order valence-corrected chi connectivity index (χ2v) is 10.8. The van der Waals surface area contributed by atoms with Crippen molar-refractivity contribution < 1.29 is 9.47 Å². The summed E-state index contributed by atoms with van der Waals surface area (Å²) in [5.41, 5.74) is 0. The molecule has 2 rings (SSSR count). The summed E-state index contributed by atoms with van der Waals surface area (Å²) in [5, 5.41) is 0. The monoisotopic (exact) mass is 290 g/mol. The van der Waals surface area contributed by atoms with Crippen molar-refractivity contribution in [3.63, 3.8) is 0 Å². The van der Waals surface area contributed by atoms with Crippen LogP contribution in [0.3, 0.4) is 0 Å². The summed E-state index contributed by atoms with van der Waals surface area (Å²) < 4.78 is 11.5. The van der Waals surface area contributed by atoms with E-state index in [9.17, 15) is 0 Å². The Hall–Kier alpha value is 0.780. The van der Waals surface area contributed by atoms with Crippen LogP contribution in [0.4, 0.5) is 0 Å². The van der Waals surface area contributed by atoms with Crippen LogP contribution in [-0.4, -0.2) is 63.4 Å². The molecule has 0 aliphatic carbocycles. The van der Waals surface area contributed by atoms with Gasteiger partial charge in [0.05, 0.1) is 12.2 Å². The maximum absolute atomic E-state index is 5.74. The number of rotatable bonds is 7. The lowest BCUT2D eigenvalue weighted by Crippen LogP contribution is -2.13. The van der Waals surface area contributed by atoms with Crippen molar-refractivity contribution in [1.82, 2.24) is 0 Å². The Kier molecular flexibility index (Phi) is 6.87. The Balaban J connectivity index is 1.54. The quantitative estimate of drug-likeness (QED) is 0.667. The number of hydrogen-bond acceptors (Lipinski definition) is 2. The van der Waals surface area contributed by atoms with Gasteiger partial charge in [0, 0.05) is 13.2 Å². The van der Waals surface area contributed by atoms with Crippen LogP contribution < -0.4 is 0 Å². The Morgan fingerprint density at radius 3 is 1.61 bits per heavy atom. The van der Waals surface area contributed by atoms with Gasteiger partial charge in [0.2, 0.25) is 0 Å². The van der Waals surface area contributed by atoms with Gasteiger partial charge in [-0.2, -0.15) is 0 Å². The van der Waals surface area contributed by atoms with E-state index in [4.69, 9.17) is 9.47 Å². The topological polar surface area (TPSA) is 18.5 Å². The largest absolute Gasteiger partial charge is 0.378 e. The second-order valence-electron chi connectivity index (χ2n) is 5.79. The Bertz CT molecular complexity index is 202. The van der Waals surface area contributed by atoms with E-state index in [0.717, 1.165) is 13.2 Å². The van der Waals surface area contributed by atoms with Gasteiger partial charge < -0.3 is 9.47 Å². The molecule has 0 aromatic rings. The Morgan fingerprint density at radius 2 is 1.28 bits per heavy atom. The molecule has 4 unspecified atom stereocenters. The lowest BCUT2D eigenvalue weighted by atomic mass is 10.3. The molecular formula is C14H28O2P2. The van der Waals surface area contributed by atoms with Crippen LogP contribution in [0.25, 0.3) is 0 Å². The molecule has 0 spiro atoms. The van der Waals surface area contributed by atoms with Crippen LogP contribution >= 0.6 is 15.8 Å². The molecule has 0 saturated carbocycles. The van der Waals surface area contributed by atoms with Crippen molar-refractivity contribution >= 4 is 15.8 Å². The molecular weight excluding hydrogens is 262 g/mol. The molecule has 2 heterocycles. The van der Waals surface area contributed by atoms with Crippen molar-refractivity contribution in [2.45, 2.75) is 37.9 Å². The fourth-order valence-electron chi connectivity index (χ4n) is 2.80. The van der Waals surface area contributed by atoms with E-state index in [0.29, 0.717) is 12.2 Å². The van der Waals surface area contributed by atoms with E-state index in [1.54, 1.807) is 0 Å². The molecule has 0 bridgehead atoms. The molecule has 2 saturated heterocycles. The number of hydrogen-bond donors (Lipinski definition) is 0. The van der Waals surface area contributed by atoms with Gasteiger partial charge in [-0.25, -0.2) is 0 Å². The summed E-state index contributed by atoms with van der Waals surface area (Å²) in [5.74, 6) is 0. The summed E-state index contributed by atoms with van der Waals surface area (Å²) in [6, 6.07) is 0. The third-order valence-electron chi connectivity index (χ3n) is 3.94. The molecule has 4 atom stereocenters. The summed E-state index contributed by atoms with van der Waals surface area (Å²) in [6.45, 7) is 6.94. The van der Waals surface area contributed by atoms with Gasteiger partial charge in [-0.05, 0) is 63.7 Å². The molecule has 0 aromatic heterocycles. The first-order valence-corrected chi connectivity index (χ1v) is 11.7. The van der Waals surface area contributed by atoms with Crippen LogP contribution in [0.2, 0.25) is 0 Å². The fourth-order valence-corrected chi connectivity index (χ4v) is 7.86. The van der Waals surface area contributed by atoms with E-state index >= 15 is 0 Å². The average Bonchev–Trinajstić information content (AvgIpc) is 2.99. The zero-order valence-electron chi connectivity index (χ0n) is 11.9. The van der Waals surface area contributed by atoms with E-state index in [1.807, 2.05) is 0 Å². The smallest absolute Gasteiger partial charge is 0.0615 e. The first-order chi connectivity index (χ1) is 8.74. The molecule has 2 aliphatic rings. The van der Waals surface area contributed by atoms with Gasteiger partial charge in [0.15, 0.2) is 0 Å². The minimum absolute atomic E-state index is 0.208. The van der Waals surface area contributed by atoms with E-state index < -0.39 is 0 Å². The maximum Gasteiger partial charge on any atom is 0.0615 e. The van der Waals surface area contributed by atoms with Gasteiger partial charge in [-0.15, -0.1) is 15.8 Å². The maximum atomic E-state index is 5.74. The highest BCUT2D eigenvalue weighted by Crippen LogP contribution is 2.41. The van der Waals surface area contributed by atoms with Gasteiger partial charge in [0.25, 0.3) is 0 Å². The highest BCUT2D eigenvalue weighted by Gasteiger charge is 2.20. The predicted octanol–water partition coefficient (Wildman–Crippen LogP) is 3.57. The molecule has 0 N–H and O–H groups in total. The highest BCUT2D eigenvalue weighted by molar-refractivity contribution is 7.61. The van der Waals surface area contributed by atoms with Gasteiger partial charge >= 0.3 is 0 Å². The fraction of sp³-hybridized carbons (Fsp3) is 1.00. The predicted molar refractivity (Wildman–Crippen MR) is 83.1 cm³/mol. The van der Waals surface area contributed by atoms with Crippen LogP contribution in [0, 0.1) is 0 Å². The highest BCUT2D eigenvalue weighted by atomic mass is 31.1. The summed E-state index contributed by atoms with van der Waals surface area (Å²) in [7, 11) is 0.417.